The van der Waals surface area contributed by atoms with Gasteiger partial charge in [-0.3, -0.25) is 0 Å². The normalized spacial score (nSPS) is 17.4. The lowest BCUT2D eigenvalue weighted by Gasteiger charge is -2.43. The second-order valence-corrected chi connectivity index (χ2v) is 11.5. The van der Waals surface area contributed by atoms with Crippen LogP contribution in [0, 0.1) is 0 Å². The maximum Gasteiger partial charge on any atom is 0.189 e. The van der Waals surface area contributed by atoms with Gasteiger partial charge in [0, 0.05) is 30.0 Å². The molecule has 3 heterocycles. The van der Waals surface area contributed by atoms with E-state index in [-0.39, 0.29) is 6.61 Å². The van der Waals surface area contributed by atoms with Crippen LogP contribution in [0.1, 0.15) is 5.56 Å². The smallest absolute Gasteiger partial charge is 0.189 e. The van der Waals surface area contributed by atoms with Crippen molar-refractivity contribution in [2.24, 2.45) is 0 Å². The van der Waals surface area contributed by atoms with Gasteiger partial charge in [0.05, 0.1) is 49.9 Å². The summed E-state index contributed by atoms with van der Waals surface area (Å²) in [6.45, 7) is -0.208. The SMILES string of the molecule is COc1ccc(N2c3cc(CO)cc4c3P3(=O)c5c(cc(OC)cc5Oc5cc(OC)cc2c53)O4)cc1. The molecule has 0 fully saturated rings. The molecular weight excluding hydrogens is 493 g/mol. The highest BCUT2D eigenvalue weighted by atomic mass is 31.2. The van der Waals surface area contributed by atoms with Crippen molar-refractivity contribution in [1.82, 2.24) is 0 Å². The van der Waals surface area contributed by atoms with E-state index in [4.69, 9.17) is 23.7 Å². The molecule has 3 aliphatic rings. The molecule has 8 nitrogen and oxygen atoms in total. The molecule has 37 heavy (non-hydrogen) atoms. The predicted molar refractivity (Wildman–Crippen MR) is 140 cm³/mol. The Bertz CT molecular complexity index is 1570. The largest absolute Gasteiger partial charge is 0.497 e. The lowest BCUT2D eigenvalue weighted by atomic mass is 10.1. The maximum atomic E-state index is 15.5. The van der Waals surface area contributed by atoms with Gasteiger partial charge in [0.15, 0.2) is 7.14 Å². The molecule has 7 rings (SSSR count). The van der Waals surface area contributed by atoms with Crippen LogP contribution in [-0.2, 0) is 11.2 Å². The van der Waals surface area contributed by atoms with Crippen LogP contribution in [0.2, 0.25) is 0 Å². The molecular formula is C28H22NO7P. The van der Waals surface area contributed by atoms with Gasteiger partial charge in [-0.15, -0.1) is 0 Å². The van der Waals surface area contributed by atoms with E-state index < -0.39 is 7.14 Å². The van der Waals surface area contributed by atoms with Crippen LogP contribution in [0.3, 0.4) is 0 Å². The fourth-order valence-corrected chi connectivity index (χ4v) is 8.74. The first kappa shape index (κ1) is 22.1. The van der Waals surface area contributed by atoms with Gasteiger partial charge < -0.3 is 38.3 Å². The third kappa shape index (κ3) is 2.85. The van der Waals surface area contributed by atoms with Gasteiger partial charge >= 0.3 is 0 Å². The standard InChI is InChI=1S/C28H22NO7P/c1-32-17-6-4-16(5-7-17)29-20-8-15(14-30)9-22-26(20)37(31)27-21(29)10-18(33-2)11-23(27)36-25-13-19(34-3)12-24(35-22)28(25)37/h4-13,30H,14H2,1-3H3. The summed E-state index contributed by atoms with van der Waals surface area (Å²) < 4.78 is 44.7. The molecule has 9 heteroatoms. The van der Waals surface area contributed by atoms with Crippen LogP contribution in [0.5, 0.6) is 40.2 Å². The van der Waals surface area contributed by atoms with Crippen LogP contribution in [0.4, 0.5) is 17.1 Å². The molecule has 3 aliphatic heterocycles. The van der Waals surface area contributed by atoms with Crippen molar-refractivity contribution in [3.8, 4) is 40.2 Å². The Morgan fingerprint density at radius 1 is 0.703 bits per heavy atom. The summed E-state index contributed by atoms with van der Waals surface area (Å²) in [5.41, 5.74) is 2.78. The van der Waals surface area contributed by atoms with Crippen molar-refractivity contribution < 1.29 is 33.4 Å². The molecule has 0 bridgehead atoms. The lowest BCUT2D eigenvalue weighted by molar-refractivity contribution is 0.281. The number of nitrogens with zero attached hydrogens (tertiary/aromatic N) is 1. The first-order valence-electron chi connectivity index (χ1n) is 11.6. The van der Waals surface area contributed by atoms with E-state index in [9.17, 15) is 5.11 Å². The van der Waals surface area contributed by atoms with Crippen molar-refractivity contribution in [2.45, 2.75) is 6.61 Å². The van der Waals surface area contributed by atoms with Gasteiger partial charge in [0.2, 0.25) is 0 Å². The molecule has 0 aromatic heterocycles. The highest BCUT2D eigenvalue weighted by Crippen LogP contribution is 2.65. The zero-order chi connectivity index (χ0) is 25.5. The van der Waals surface area contributed by atoms with E-state index in [0.29, 0.717) is 73.1 Å². The Balaban J connectivity index is 1.62. The number of anilines is 3. The second-order valence-electron chi connectivity index (χ2n) is 8.93. The molecule has 0 saturated carbocycles. The van der Waals surface area contributed by atoms with Crippen molar-refractivity contribution in [2.75, 3.05) is 26.2 Å². The Morgan fingerprint density at radius 3 is 1.78 bits per heavy atom. The average molecular weight is 515 g/mol. The highest BCUT2D eigenvalue weighted by molar-refractivity contribution is 7.87. The maximum absolute atomic E-state index is 15.5. The van der Waals surface area contributed by atoms with E-state index in [1.165, 1.54) is 0 Å². The summed E-state index contributed by atoms with van der Waals surface area (Å²) >= 11 is 0. The number of methoxy groups -OCH3 is 3. The van der Waals surface area contributed by atoms with Crippen molar-refractivity contribution in [1.29, 1.82) is 0 Å². The Labute approximate surface area is 212 Å². The number of hydrogen-bond donors (Lipinski definition) is 1. The van der Waals surface area contributed by atoms with Gasteiger partial charge in [0.25, 0.3) is 0 Å². The lowest BCUT2D eigenvalue weighted by Crippen LogP contribution is -2.42. The van der Waals surface area contributed by atoms with E-state index in [2.05, 4.69) is 0 Å². The Kier molecular flexibility index (Phi) is 4.59. The minimum Gasteiger partial charge on any atom is -0.497 e. The molecule has 4 aromatic carbocycles. The fourth-order valence-electron chi connectivity index (χ4n) is 5.41. The number of hydrogen-bond acceptors (Lipinski definition) is 8. The van der Waals surface area contributed by atoms with Gasteiger partial charge in [-0.2, -0.15) is 0 Å². The minimum absolute atomic E-state index is 0.208. The van der Waals surface area contributed by atoms with E-state index in [1.54, 1.807) is 45.6 Å². The van der Waals surface area contributed by atoms with E-state index >= 15 is 4.57 Å². The summed E-state index contributed by atoms with van der Waals surface area (Å²) in [5, 5.41) is 11.8. The van der Waals surface area contributed by atoms with Crippen LogP contribution >= 0.6 is 7.14 Å². The van der Waals surface area contributed by atoms with Gasteiger partial charge in [-0.1, -0.05) is 0 Å². The van der Waals surface area contributed by atoms with Crippen molar-refractivity contribution in [3.63, 3.8) is 0 Å². The second kappa shape index (κ2) is 7.68. The zero-order valence-electron chi connectivity index (χ0n) is 20.3. The number of rotatable bonds is 5. The van der Waals surface area contributed by atoms with Crippen LogP contribution in [0.25, 0.3) is 0 Å². The number of ether oxygens (including phenoxy) is 5. The van der Waals surface area contributed by atoms with E-state index in [0.717, 1.165) is 5.69 Å². The fraction of sp³-hybridized carbons (Fsp3) is 0.143. The summed E-state index contributed by atoms with van der Waals surface area (Å²) in [5.74, 6) is 3.51. The third-order valence-electron chi connectivity index (χ3n) is 7.01. The van der Waals surface area contributed by atoms with Crippen LogP contribution in [0.15, 0.2) is 60.7 Å². The molecule has 0 spiro atoms. The molecule has 0 aliphatic carbocycles. The van der Waals surface area contributed by atoms with Crippen molar-refractivity contribution in [3.05, 3.63) is 66.2 Å². The monoisotopic (exact) mass is 515 g/mol. The van der Waals surface area contributed by atoms with Gasteiger partial charge in [0.1, 0.15) is 45.6 Å². The Hall–Kier alpha value is -4.13. The molecule has 0 amide bonds. The molecule has 1 N–H and O–H groups in total. The summed E-state index contributed by atoms with van der Waals surface area (Å²) in [6.07, 6.45) is 0. The summed E-state index contributed by atoms with van der Waals surface area (Å²) in [6, 6.07) is 18.3. The molecule has 1 atom stereocenters. The number of aliphatic hydroxyl groups is 1. The van der Waals surface area contributed by atoms with Crippen LogP contribution in [-0.4, -0.2) is 26.4 Å². The quantitative estimate of drug-likeness (QED) is 0.326. The minimum atomic E-state index is -3.46. The summed E-state index contributed by atoms with van der Waals surface area (Å²) in [7, 11) is 1.30. The molecule has 4 aromatic rings. The number of benzene rings is 4. The van der Waals surface area contributed by atoms with Crippen LogP contribution < -0.4 is 44.5 Å². The summed E-state index contributed by atoms with van der Waals surface area (Å²) in [4.78, 5) is 2.00. The molecule has 0 saturated heterocycles. The van der Waals surface area contributed by atoms with Crippen molar-refractivity contribution >= 4 is 40.1 Å². The molecule has 186 valence electrons. The first-order chi connectivity index (χ1) is 18.0. The molecule has 1 unspecified atom stereocenters. The molecule has 0 radical (unpaired) electrons. The Morgan fingerprint density at radius 2 is 1.22 bits per heavy atom. The highest BCUT2D eigenvalue weighted by Gasteiger charge is 2.53. The topological polar surface area (TPSA) is 86.7 Å². The average Bonchev–Trinajstić information content (AvgIpc) is 2.92. The predicted octanol–water partition coefficient (Wildman–Crippen LogP) is 4.84. The first-order valence-corrected chi connectivity index (χ1v) is 13.3. The zero-order valence-corrected chi connectivity index (χ0v) is 21.2. The number of aliphatic hydroxyl groups excluding tert-OH is 1. The van der Waals surface area contributed by atoms with Gasteiger partial charge in [-0.05, 0) is 42.0 Å². The van der Waals surface area contributed by atoms with Gasteiger partial charge in [-0.25, -0.2) is 0 Å². The third-order valence-corrected chi connectivity index (χ3v) is 10.2. The van der Waals surface area contributed by atoms with E-state index in [1.807, 2.05) is 41.3 Å².